The molecule has 1 saturated carbocycles. The lowest BCUT2D eigenvalue weighted by Gasteiger charge is -2.20. The number of anilines is 1. The third-order valence-electron chi connectivity index (χ3n) is 3.96. The van der Waals surface area contributed by atoms with E-state index in [4.69, 9.17) is 10.7 Å². The van der Waals surface area contributed by atoms with Crippen LogP contribution in [0, 0.1) is 12.7 Å². The number of benzene rings is 1. The van der Waals surface area contributed by atoms with Crippen LogP contribution in [0.5, 0.6) is 0 Å². The van der Waals surface area contributed by atoms with E-state index in [0.717, 1.165) is 29.9 Å². The Labute approximate surface area is 125 Å². The fourth-order valence-electron chi connectivity index (χ4n) is 2.68. The molecule has 0 atom stereocenters. The Bertz CT molecular complexity index is 691. The lowest BCUT2D eigenvalue weighted by Crippen LogP contribution is -2.19. The molecule has 3 nitrogen and oxygen atoms in total. The van der Waals surface area contributed by atoms with Gasteiger partial charge in [0.1, 0.15) is 23.2 Å². The molecule has 1 aromatic carbocycles. The maximum atomic E-state index is 13.5. The third kappa shape index (κ3) is 2.43. The van der Waals surface area contributed by atoms with E-state index >= 15 is 0 Å². The monoisotopic (exact) mass is 287 g/mol. The first kappa shape index (κ1) is 14.1. The van der Waals surface area contributed by atoms with Crippen LogP contribution >= 0.6 is 0 Å². The summed E-state index contributed by atoms with van der Waals surface area (Å²) < 4.78 is 15.6. The molecule has 0 unspecified atom stereocenters. The van der Waals surface area contributed by atoms with Crippen molar-refractivity contribution in [1.82, 2.24) is 9.55 Å². The number of hydrogen-bond donors (Lipinski definition) is 1. The lowest BCUT2D eigenvalue weighted by atomic mass is 9.95. The summed E-state index contributed by atoms with van der Waals surface area (Å²) in [6.07, 6.45) is 2.32. The van der Waals surface area contributed by atoms with Gasteiger partial charge in [0.05, 0.1) is 0 Å². The van der Waals surface area contributed by atoms with E-state index in [1.54, 1.807) is 13.0 Å². The van der Waals surface area contributed by atoms with Crippen LogP contribution in [-0.4, -0.2) is 9.55 Å². The molecule has 0 spiro atoms. The van der Waals surface area contributed by atoms with Crippen LogP contribution in [0.1, 0.15) is 51.0 Å². The zero-order valence-electron chi connectivity index (χ0n) is 13.1. The van der Waals surface area contributed by atoms with E-state index in [1.807, 2.05) is 6.07 Å². The van der Waals surface area contributed by atoms with Gasteiger partial charge >= 0.3 is 0 Å². The largest absolute Gasteiger partial charge is 0.383 e. The normalized spacial score (nSPS) is 15.5. The molecule has 4 heteroatoms. The van der Waals surface area contributed by atoms with Crippen LogP contribution in [0.15, 0.2) is 18.2 Å². The van der Waals surface area contributed by atoms with Gasteiger partial charge in [-0.2, -0.15) is 0 Å². The number of imidazole rings is 1. The minimum Gasteiger partial charge on any atom is -0.383 e. The summed E-state index contributed by atoms with van der Waals surface area (Å²) in [7, 11) is 0. The Morgan fingerprint density at radius 3 is 2.48 bits per heavy atom. The average molecular weight is 287 g/mol. The van der Waals surface area contributed by atoms with E-state index < -0.39 is 0 Å². The Morgan fingerprint density at radius 1 is 1.29 bits per heavy atom. The molecule has 2 aromatic rings. The van der Waals surface area contributed by atoms with E-state index in [2.05, 4.69) is 25.3 Å². The minimum absolute atomic E-state index is 0.0654. The van der Waals surface area contributed by atoms with E-state index in [1.165, 1.54) is 6.07 Å². The molecule has 1 heterocycles. The molecule has 2 N–H and O–H groups in total. The summed E-state index contributed by atoms with van der Waals surface area (Å²) >= 11 is 0. The highest BCUT2D eigenvalue weighted by atomic mass is 19.1. The Morgan fingerprint density at radius 2 is 1.95 bits per heavy atom. The molecule has 21 heavy (non-hydrogen) atoms. The van der Waals surface area contributed by atoms with Gasteiger partial charge < -0.3 is 10.3 Å². The number of nitrogens with two attached hydrogens (primary N) is 1. The summed E-state index contributed by atoms with van der Waals surface area (Å²) in [5.74, 6) is 1.52. The molecule has 112 valence electrons. The molecule has 0 radical (unpaired) electrons. The first-order chi connectivity index (χ1) is 9.79. The standard InChI is InChI=1S/C17H22FN3/c1-10-9-11(5-8-13(10)18)14-15(19)21(12-6-7-12)16(20-14)17(2,3)4/h5,8-9,12H,6-7,19H2,1-4H3. The Balaban J connectivity index is 2.17. The molecular formula is C17H22FN3. The first-order valence-electron chi connectivity index (χ1n) is 7.43. The van der Waals surface area contributed by atoms with Crippen LogP contribution in [0.4, 0.5) is 10.2 Å². The molecule has 0 aliphatic heterocycles. The van der Waals surface area contributed by atoms with Crippen molar-refractivity contribution in [3.63, 3.8) is 0 Å². The third-order valence-corrected chi connectivity index (χ3v) is 3.96. The molecule has 0 saturated heterocycles. The smallest absolute Gasteiger partial charge is 0.132 e. The van der Waals surface area contributed by atoms with Gasteiger partial charge in [-0.25, -0.2) is 9.37 Å². The summed E-state index contributed by atoms with van der Waals surface area (Å²) in [6, 6.07) is 5.53. The Hall–Kier alpha value is -1.84. The van der Waals surface area contributed by atoms with Crippen LogP contribution in [0.25, 0.3) is 11.3 Å². The SMILES string of the molecule is Cc1cc(-c2nc(C(C)(C)C)n(C3CC3)c2N)ccc1F. The first-order valence-corrected chi connectivity index (χ1v) is 7.43. The molecule has 1 aliphatic rings. The molecule has 1 aliphatic carbocycles. The Kier molecular flexibility index (Phi) is 3.08. The second kappa shape index (κ2) is 4.58. The number of rotatable bonds is 2. The summed E-state index contributed by atoms with van der Waals surface area (Å²) in [4.78, 5) is 4.80. The van der Waals surface area contributed by atoms with Crippen molar-refractivity contribution in [2.24, 2.45) is 0 Å². The zero-order chi connectivity index (χ0) is 15.4. The highest BCUT2D eigenvalue weighted by Crippen LogP contribution is 2.43. The predicted molar refractivity (Wildman–Crippen MR) is 83.7 cm³/mol. The van der Waals surface area contributed by atoms with Crippen LogP contribution in [0.2, 0.25) is 0 Å². The number of aromatic nitrogens is 2. The van der Waals surface area contributed by atoms with Gasteiger partial charge in [0.2, 0.25) is 0 Å². The van der Waals surface area contributed by atoms with Crippen molar-refractivity contribution < 1.29 is 4.39 Å². The second-order valence-electron chi connectivity index (χ2n) is 6.98. The van der Waals surface area contributed by atoms with Gasteiger partial charge in [-0.15, -0.1) is 0 Å². The quantitative estimate of drug-likeness (QED) is 0.899. The van der Waals surface area contributed by atoms with Crippen molar-refractivity contribution in [1.29, 1.82) is 0 Å². The van der Waals surface area contributed by atoms with E-state index in [9.17, 15) is 4.39 Å². The van der Waals surface area contributed by atoms with Gasteiger partial charge in [0.25, 0.3) is 0 Å². The van der Waals surface area contributed by atoms with Crippen molar-refractivity contribution in [2.75, 3.05) is 5.73 Å². The van der Waals surface area contributed by atoms with Crippen molar-refractivity contribution >= 4 is 5.82 Å². The molecule has 3 rings (SSSR count). The number of nitrogen functional groups attached to an aromatic ring is 1. The van der Waals surface area contributed by atoms with Crippen LogP contribution < -0.4 is 5.73 Å². The highest BCUT2D eigenvalue weighted by molar-refractivity contribution is 5.72. The molecule has 0 bridgehead atoms. The predicted octanol–water partition coefficient (Wildman–Crippen LogP) is 4.21. The summed E-state index contributed by atoms with van der Waals surface area (Å²) in [5.41, 5.74) is 8.58. The van der Waals surface area contributed by atoms with Gasteiger partial charge in [0.15, 0.2) is 0 Å². The lowest BCUT2D eigenvalue weighted by molar-refractivity contribution is 0.504. The maximum absolute atomic E-state index is 13.5. The van der Waals surface area contributed by atoms with Gasteiger partial charge in [-0.1, -0.05) is 20.8 Å². The second-order valence-corrected chi connectivity index (χ2v) is 6.98. The number of hydrogen-bond acceptors (Lipinski definition) is 2. The fourth-order valence-corrected chi connectivity index (χ4v) is 2.68. The molecule has 1 aromatic heterocycles. The van der Waals surface area contributed by atoms with Gasteiger partial charge in [-0.05, 0) is 43.5 Å². The summed E-state index contributed by atoms with van der Waals surface area (Å²) in [6.45, 7) is 8.20. The highest BCUT2D eigenvalue weighted by Gasteiger charge is 2.34. The maximum Gasteiger partial charge on any atom is 0.132 e. The van der Waals surface area contributed by atoms with Crippen LogP contribution in [-0.2, 0) is 5.41 Å². The van der Waals surface area contributed by atoms with Gasteiger partial charge in [0, 0.05) is 17.0 Å². The fraction of sp³-hybridized carbons (Fsp3) is 0.471. The van der Waals surface area contributed by atoms with Crippen molar-refractivity contribution in [2.45, 2.75) is 52.0 Å². The number of nitrogens with zero attached hydrogens (tertiary/aromatic N) is 2. The molecule has 0 amide bonds. The number of aryl methyl sites for hydroxylation is 1. The van der Waals surface area contributed by atoms with E-state index in [-0.39, 0.29) is 11.2 Å². The molecular weight excluding hydrogens is 265 g/mol. The zero-order valence-corrected chi connectivity index (χ0v) is 13.1. The topological polar surface area (TPSA) is 43.8 Å². The van der Waals surface area contributed by atoms with Gasteiger partial charge in [-0.3, -0.25) is 0 Å². The van der Waals surface area contributed by atoms with E-state index in [0.29, 0.717) is 17.4 Å². The summed E-state index contributed by atoms with van der Waals surface area (Å²) in [5, 5.41) is 0. The van der Waals surface area contributed by atoms with Crippen molar-refractivity contribution in [3.05, 3.63) is 35.4 Å². The van der Waals surface area contributed by atoms with Crippen molar-refractivity contribution in [3.8, 4) is 11.3 Å². The number of halogens is 1. The minimum atomic E-state index is -0.199. The average Bonchev–Trinajstić information content (AvgIpc) is 3.15. The molecule has 1 fully saturated rings. The van der Waals surface area contributed by atoms with Crippen LogP contribution in [0.3, 0.4) is 0 Å².